The second kappa shape index (κ2) is 7.26. The van der Waals surface area contributed by atoms with Crippen LogP contribution in [0.4, 0.5) is 5.69 Å². The number of thioether (sulfide) groups is 1. The van der Waals surface area contributed by atoms with Crippen LogP contribution in [0.2, 0.25) is 0 Å². The quantitative estimate of drug-likeness (QED) is 0.556. The fourth-order valence-electron chi connectivity index (χ4n) is 1.90. The van der Waals surface area contributed by atoms with Gasteiger partial charge >= 0.3 is 0 Å². The summed E-state index contributed by atoms with van der Waals surface area (Å²) in [6.45, 7) is 0. The molecule has 0 unspecified atom stereocenters. The van der Waals surface area contributed by atoms with Crippen LogP contribution in [-0.4, -0.2) is 22.4 Å². The molecule has 0 atom stereocenters. The zero-order chi connectivity index (χ0) is 16.1. The molecule has 0 fully saturated rings. The van der Waals surface area contributed by atoms with Crippen LogP contribution in [0.25, 0.3) is 17.5 Å². The highest BCUT2D eigenvalue weighted by molar-refractivity contribution is 7.98. The summed E-state index contributed by atoms with van der Waals surface area (Å²) < 4.78 is 5.53. The van der Waals surface area contributed by atoms with Gasteiger partial charge < -0.3 is 9.73 Å². The van der Waals surface area contributed by atoms with Gasteiger partial charge in [0.1, 0.15) is 0 Å². The van der Waals surface area contributed by atoms with E-state index in [0.29, 0.717) is 22.4 Å². The molecule has 3 aromatic rings. The summed E-state index contributed by atoms with van der Waals surface area (Å²) in [6, 6.07) is 11.2. The molecule has 0 spiro atoms. The number of hydrogen-bond acceptors (Lipinski definition) is 6. The van der Waals surface area contributed by atoms with E-state index in [-0.39, 0.29) is 5.91 Å². The average Bonchev–Trinajstić information content (AvgIpc) is 3.25. The number of carbonyl (C=O) groups excluding carboxylic acids is 1. The lowest BCUT2D eigenvalue weighted by atomic mass is 10.1. The van der Waals surface area contributed by atoms with E-state index in [4.69, 9.17) is 4.42 Å². The molecule has 3 rings (SSSR count). The summed E-state index contributed by atoms with van der Waals surface area (Å²) in [6.07, 6.45) is 5.14. The first-order valence-corrected chi connectivity index (χ1v) is 8.86. The number of amides is 1. The monoisotopic (exact) mass is 343 g/mol. The van der Waals surface area contributed by atoms with Gasteiger partial charge in [0.05, 0.1) is 11.3 Å². The minimum absolute atomic E-state index is 0.213. The Labute approximate surface area is 141 Å². The topological polar surface area (TPSA) is 68.0 Å². The highest BCUT2D eigenvalue weighted by Crippen LogP contribution is 2.28. The SMILES string of the molecule is CSc1nnc(-c2ccccc2NC(=O)/C=C/c2cccs2)o1. The Kier molecular flexibility index (Phi) is 4.89. The molecule has 1 aromatic carbocycles. The minimum Gasteiger partial charge on any atom is -0.411 e. The molecule has 2 aromatic heterocycles. The molecule has 1 N–H and O–H groups in total. The standard InChI is InChI=1S/C16H13N3O2S2/c1-22-16-19-18-15(21-16)12-6-2-3-7-13(12)17-14(20)9-8-11-5-4-10-23-11/h2-10H,1H3,(H,17,20)/b9-8+. The summed E-state index contributed by atoms with van der Waals surface area (Å²) in [5, 5.41) is 13.2. The molecular formula is C16H13N3O2S2. The molecule has 0 aliphatic carbocycles. The molecular weight excluding hydrogens is 330 g/mol. The lowest BCUT2D eigenvalue weighted by Gasteiger charge is -2.06. The molecule has 7 heteroatoms. The van der Waals surface area contributed by atoms with Gasteiger partial charge in [0, 0.05) is 11.0 Å². The van der Waals surface area contributed by atoms with Gasteiger partial charge in [-0.1, -0.05) is 30.0 Å². The maximum atomic E-state index is 12.1. The summed E-state index contributed by atoms with van der Waals surface area (Å²) in [5.74, 6) is 0.169. The largest absolute Gasteiger partial charge is 0.411 e. The van der Waals surface area contributed by atoms with Crippen molar-refractivity contribution in [2.24, 2.45) is 0 Å². The van der Waals surface area contributed by atoms with E-state index in [1.54, 1.807) is 23.5 Å². The zero-order valence-corrected chi connectivity index (χ0v) is 13.9. The van der Waals surface area contributed by atoms with Crippen molar-refractivity contribution in [3.05, 3.63) is 52.7 Å². The molecule has 0 saturated carbocycles. The summed E-state index contributed by atoms with van der Waals surface area (Å²) in [7, 11) is 0. The van der Waals surface area contributed by atoms with Crippen molar-refractivity contribution in [1.82, 2.24) is 10.2 Å². The van der Waals surface area contributed by atoms with E-state index in [0.717, 1.165) is 4.88 Å². The van der Waals surface area contributed by atoms with Gasteiger partial charge in [0.25, 0.3) is 11.1 Å². The third-order valence-electron chi connectivity index (χ3n) is 2.94. The Hall–Kier alpha value is -2.38. The Morgan fingerprint density at radius 3 is 2.87 bits per heavy atom. The summed E-state index contributed by atoms with van der Waals surface area (Å²) in [5.41, 5.74) is 1.32. The highest BCUT2D eigenvalue weighted by Gasteiger charge is 2.13. The second-order valence-corrected chi connectivity index (χ2v) is 6.20. The normalized spacial score (nSPS) is 11.0. The molecule has 0 aliphatic heterocycles. The van der Waals surface area contributed by atoms with E-state index in [1.165, 1.54) is 17.8 Å². The molecule has 0 bridgehead atoms. The molecule has 0 aliphatic rings. The maximum Gasteiger partial charge on any atom is 0.276 e. The Morgan fingerprint density at radius 1 is 1.26 bits per heavy atom. The van der Waals surface area contributed by atoms with E-state index < -0.39 is 0 Å². The second-order valence-electron chi connectivity index (χ2n) is 4.46. The number of carbonyl (C=O) groups is 1. The van der Waals surface area contributed by atoms with Crippen LogP contribution in [0.3, 0.4) is 0 Å². The number of rotatable bonds is 5. The van der Waals surface area contributed by atoms with Gasteiger partial charge in [-0.25, -0.2) is 0 Å². The van der Waals surface area contributed by atoms with Crippen molar-refractivity contribution in [3.8, 4) is 11.5 Å². The lowest BCUT2D eigenvalue weighted by molar-refractivity contribution is -0.111. The smallest absolute Gasteiger partial charge is 0.276 e. The van der Waals surface area contributed by atoms with Crippen molar-refractivity contribution in [3.63, 3.8) is 0 Å². The van der Waals surface area contributed by atoms with Crippen molar-refractivity contribution in [2.45, 2.75) is 5.22 Å². The zero-order valence-electron chi connectivity index (χ0n) is 12.2. The first-order valence-electron chi connectivity index (χ1n) is 6.76. The molecule has 116 valence electrons. The third kappa shape index (κ3) is 3.88. The highest BCUT2D eigenvalue weighted by atomic mass is 32.2. The van der Waals surface area contributed by atoms with Crippen molar-refractivity contribution in [1.29, 1.82) is 0 Å². The van der Waals surface area contributed by atoms with Crippen LogP contribution in [0.1, 0.15) is 4.88 Å². The number of nitrogens with one attached hydrogen (secondary N) is 1. The molecule has 2 heterocycles. The van der Waals surface area contributed by atoms with E-state index >= 15 is 0 Å². The fraction of sp³-hybridized carbons (Fsp3) is 0.0625. The van der Waals surface area contributed by atoms with Crippen LogP contribution in [0, 0.1) is 0 Å². The number of para-hydroxylation sites is 1. The van der Waals surface area contributed by atoms with E-state index in [2.05, 4.69) is 15.5 Å². The first-order chi connectivity index (χ1) is 11.3. The molecule has 5 nitrogen and oxygen atoms in total. The molecule has 0 radical (unpaired) electrons. The molecule has 23 heavy (non-hydrogen) atoms. The lowest BCUT2D eigenvalue weighted by Crippen LogP contribution is -2.08. The summed E-state index contributed by atoms with van der Waals surface area (Å²) in [4.78, 5) is 13.1. The Bertz CT molecular complexity index is 825. The van der Waals surface area contributed by atoms with E-state index in [9.17, 15) is 4.79 Å². The van der Waals surface area contributed by atoms with Crippen LogP contribution >= 0.6 is 23.1 Å². The van der Waals surface area contributed by atoms with Crippen molar-refractivity contribution in [2.75, 3.05) is 11.6 Å². The number of hydrogen-bond donors (Lipinski definition) is 1. The van der Waals surface area contributed by atoms with Crippen LogP contribution in [0.5, 0.6) is 0 Å². The van der Waals surface area contributed by atoms with Crippen LogP contribution in [0.15, 0.2) is 57.5 Å². The van der Waals surface area contributed by atoms with Gasteiger partial charge in [-0.2, -0.15) is 0 Å². The number of aromatic nitrogens is 2. The fourth-order valence-corrected chi connectivity index (χ4v) is 2.80. The van der Waals surface area contributed by atoms with Gasteiger partial charge in [-0.3, -0.25) is 4.79 Å². The molecule has 0 saturated heterocycles. The number of anilines is 1. The first kappa shape index (κ1) is 15.5. The Balaban J connectivity index is 1.79. The number of benzene rings is 1. The molecule has 1 amide bonds. The van der Waals surface area contributed by atoms with Crippen molar-refractivity contribution < 1.29 is 9.21 Å². The number of thiophene rings is 1. The Morgan fingerprint density at radius 2 is 2.13 bits per heavy atom. The van der Waals surface area contributed by atoms with E-state index in [1.807, 2.05) is 42.0 Å². The van der Waals surface area contributed by atoms with Gasteiger partial charge in [0.2, 0.25) is 5.91 Å². The average molecular weight is 343 g/mol. The predicted molar refractivity (Wildman–Crippen MR) is 93.5 cm³/mol. The number of nitrogens with zero attached hydrogens (tertiary/aromatic N) is 2. The van der Waals surface area contributed by atoms with Gasteiger partial charge in [0.15, 0.2) is 0 Å². The van der Waals surface area contributed by atoms with Crippen LogP contribution in [-0.2, 0) is 4.79 Å². The third-order valence-corrected chi connectivity index (χ3v) is 4.29. The minimum atomic E-state index is -0.213. The van der Waals surface area contributed by atoms with Gasteiger partial charge in [-0.05, 0) is 35.9 Å². The predicted octanol–water partition coefficient (Wildman–Crippen LogP) is 4.17. The van der Waals surface area contributed by atoms with Crippen molar-refractivity contribution >= 4 is 40.8 Å². The maximum absolute atomic E-state index is 12.1. The van der Waals surface area contributed by atoms with Gasteiger partial charge in [-0.15, -0.1) is 21.5 Å². The summed E-state index contributed by atoms with van der Waals surface area (Å²) >= 11 is 2.95. The van der Waals surface area contributed by atoms with Crippen LogP contribution < -0.4 is 5.32 Å².